The number of anilines is 1. The Morgan fingerprint density at radius 2 is 1.83 bits per heavy atom. The standard InChI is InChI=1S/C15H12F2N2O3S/c16-15(17)23-13-4-2-1-3-12(13)18-14(20)9-10-5-7-11(8-6-10)19(21)22/h1-8,15H,9H2,(H,18,20). The van der Waals surface area contributed by atoms with Crippen LogP contribution in [0.1, 0.15) is 5.56 Å². The van der Waals surface area contributed by atoms with Gasteiger partial charge >= 0.3 is 0 Å². The minimum atomic E-state index is -2.58. The molecule has 0 radical (unpaired) electrons. The predicted octanol–water partition coefficient (Wildman–Crippen LogP) is 4.09. The van der Waals surface area contributed by atoms with Crippen molar-refractivity contribution in [2.75, 3.05) is 5.32 Å². The van der Waals surface area contributed by atoms with Gasteiger partial charge in [-0.25, -0.2) is 0 Å². The first kappa shape index (κ1) is 16.9. The topological polar surface area (TPSA) is 72.2 Å². The summed E-state index contributed by atoms with van der Waals surface area (Å²) in [6, 6.07) is 11.9. The zero-order valence-electron chi connectivity index (χ0n) is 11.7. The third-order valence-corrected chi connectivity index (χ3v) is 3.68. The number of carbonyl (C=O) groups excluding carboxylic acids is 1. The zero-order chi connectivity index (χ0) is 16.8. The van der Waals surface area contributed by atoms with Crippen molar-refractivity contribution in [3.05, 3.63) is 64.2 Å². The molecule has 0 heterocycles. The van der Waals surface area contributed by atoms with Crippen LogP contribution < -0.4 is 5.32 Å². The Bertz CT molecular complexity index is 708. The van der Waals surface area contributed by atoms with Crippen LogP contribution in [-0.2, 0) is 11.2 Å². The smallest absolute Gasteiger partial charge is 0.288 e. The molecule has 1 amide bonds. The summed E-state index contributed by atoms with van der Waals surface area (Å²) in [6.45, 7) is 0. The van der Waals surface area contributed by atoms with E-state index in [-0.39, 0.29) is 22.9 Å². The molecular formula is C15H12F2N2O3S. The molecule has 0 aliphatic rings. The highest BCUT2D eigenvalue weighted by atomic mass is 32.2. The quantitative estimate of drug-likeness (QED) is 0.489. The van der Waals surface area contributed by atoms with Crippen LogP contribution in [0, 0.1) is 10.1 Å². The van der Waals surface area contributed by atoms with Gasteiger partial charge in [0.15, 0.2) is 0 Å². The van der Waals surface area contributed by atoms with E-state index >= 15 is 0 Å². The first-order valence-corrected chi connectivity index (χ1v) is 7.40. The number of hydrogen-bond acceptors (Lipinski definition) is 4. The van der Waals surface area contributed by atoms with Gasteiger partial charge in [0.2, 0.25) is 5.91 Å². The van der Waals surface area contributed by atoms with Crippen LogP contribution in [0.15, 0.2) is 53.4 Å². The molecule has 0 fully saturated rings. The molecular weight excluding hydrogens is 326 g/mol. The number of nitro groups is 1. The van der Waals surface area contributed by atoms with Crippen molar-refractivity contribution in [3.8, 4) is 0 Å². The Kier molecular flexibility index (Phi) is 5.64. The second kappa shape index (κ2) is 7.68. The number of carbonyl (C=O) groups is 1. The Hall–Kier alpha value is -2.48. The average molecular weight is 338 g/mol. The van der Waals surface area contributed by atoms with Gasteiger partial charge in [-0.3, -0.25) is 14.9 Å². The predicted molar refractivity (Wildman–Crippen MR) is 83.7 cm³/mol. The number of amides is 1. The molecule has 120 valence electrons. The van der Waals surface area contributed by atoms with Gasteiger partial charge in [-0.1, -0.05) is 36.0 Å². The van der Waals surface area contributed by atoms with Gasteiger partial charge in [-0.05, 0) is 17.7 Å². The van der Waals surface area contributed by atoms with Crippen molar-refractivity contribution >= 4 is 29.0 Å². The average Bonchev–Trinajstić information content (AvgIpc) is 2.49. The van der Waals surface area contributed by atoms with Crippen molar-refractivity contribution in [2.24, 2.45) is 0 Å². The molecule has 0 unspecified atom stereocenters. The lowest BCUT2D eigenvalue weighted by molar-refractivity contribution is -0.384. The van der Waals surface area contributed by atoms with Crippen LogP contribution in [0.3, 0.4) is 0 Å². The molecule has 0 aromatic heterocycles. The van der Waals surface area contributed by atoms with Gasteiger partial charge in [0.05, 0.1) is 17.0 Å². The lowest BCUT2D eigenvalue weighted by Gasteiger charge is -2.10. The summed E-state index contributed by atoms with van der Waals surface area (Å²) in [6.07, 6.45) is -0.00826. The number of nitrogens with zero attached hydrogens (tertiary/aromatic N) is 1. The number of halogens is 2. The van der Waals surface area contributed by atoms with Gasteiger partial charge in [0.25, 0.3) is 11.4 Å². The number of thioether (sulfide) groups is 1. The Morgan fingerprint density at radius 3 is 2.43 bits per heavy atom. The van der Waals surface area contributed by atoms with Crippen LogP contribution in [0.2, 0.25) is 0 Å². The molecule has 2 rings (SSSR count). The number of nitro benzene ring substituents is 1. The number of alkyl halides is 2. The number of non-ortho nitro benzene ring substituents is 1. The van der Waals surface area contributed by atoms with E-state index in [2.05, 4.69) is 5.32 Å². The molecule has 5 nitrogen and oxygen atoms in total. The van der Waals surface area contributed by atoms with Gasteiger partial charge < -0.3 is 5.32 Å². The van der Waals surface area contributed by atoms with Gasteiger partial charge in [-0.2, -0.15) is 8.78 Å². The van der Waals surface area contributed by atoms with Crippen LogP contribution in [-0.4, -0.2) is 16.6 Å². The SMILES string of the molecule is O=C(Cc1ccc([N+](=O)[O-])cc1)Nc1ccccc1SC(F)F. The van der Waals surface area contributed by atoms with E-state index in [9.17, 15) is 23.7 Å². The Morgan fingerprint density at radius 1 is 1.17 bits per heavy atom. The molecule has 0 atom stereocenters. The highest BCUT2D eigenvalue weighted by Crippen LogP contribution is 2.31. The molecule has 0 saturated heterocycles. The maximum atomic E-state index is 12.5. The number of rotatable bonds is 6. The fraction of sp³-hybridized carbons (Fsp3) is 0.133. The summed E-state index contributed by atoms with van der Waals surface area (Å²) in [7, 11) is 0. The molecule has 0 aliphatic heterocycles. The molecule has 0 aliphatic carbocycles. The van der Waals surface area contributed by atoms with E-state index in [4.69, 9.17) is 0 Å². The van der Waals surface area contributed by atoms with Crippen molar-refractivity contribution in [2.45, 2.75) is 17.1 Å². The monoisotopic (exact) mass is 338 g/mol. The lowest BCUT2D eigenvalue weighted by atomic mass is 10.1. The van der Waals surface area contributed by atoms with Crippen LogP contribution in [0.25, 0.3) is 0 Å². The van der Waals surface area contributed by atoms with Gasteiger partial charge in [0, 0.05) is 17.0 Å². The number of nitrogens with one attached hydrogen (secondary N) is 1. The molecule has 0 saturated carbocycles. The van der Waals surface area contributed by atoms with Crippen molar-refractivity contribution < 1.29 is 18.5 Å². The fourth-order valence-electron chi connectivity index (χ4n) is 1.88. The molecule has 2 aromatic rings. The van der Waals surface area contributed by atoms with Crippen molar-refractivity contribution in [3.63, 3.8) is 0 Å². The van der Waals surface area contributed by atoms with E-state index in [1.807, 2.05) is 0 Å². The summed E-state index contributed by atoms with van der Waals surface area (Å²) in [5.74, 6) is -2.97. The summed E-state index contributed by atoms with van der Waals surface area (Å²) in [4.78, 5) is 22.3. The van der Waals surface area contributed by atoms with Crippen molar-refractivity contribution in [1.82, 2.24) is 0 Å². The molecule has 0 bridgehead atoms. The summed E-state index contributed by atoms with van der Waals surface area (Å²) in [5.41, 5.74) is 0.838. The van der Waals surface area contributed by atoms with E-state index in [0.717, 1.165) is 0 Å². The zero-order valence-corrected chi connectivity index (χ0v) is 12.6. The van der Waals surface area contributed by atoms with Gasteiger partial charge in [0.1, 0.15) is 0 Å². The highest BCUT2D eigenvalue weighted by molar-refractivity contribution is 7.99. The summed E-state index contributed by atoms with van der Waals surface area (Å²) in [5, 5.41) is 13.1. The number of hydrogen-bond donors (Lipinski definition) is 1. The third-order valence-electron chi connectivity index (χ3n) is 2.89. The lowest BCUT2D eigenvalue weighted by Crippen LogP contribution is -2.15. The maximum absolute atomic E-state index is 12.5. The molecule has 2 aromatic carbocycles. The van der Waals surface area contributed by atoms with E-state index in [0.29, 0.717) is 23.0 Å². The Labute approximate surface area is 134 Å². The second-order valence-electron chi connectivity index (χ2n) is 4.52. The molecule has 1 N–H and O–H groups in total. The summed E-state index contributed by atoms with van der Waals surface area (Å²) < 4.78 is 25.0. The highest BCUT2D eigenvalue weighted by Gasteiger charge is 2.12. The fourth-order valence-corrected chi connectivity index (χ4v) is 2.48. The molecule has 23 heavy (non-hydrogen) atoms. The number of benzene rings is 2. The first-order chi connectivity index (χ1) is 11.0. The largest absolute Gasteiger partial charge is 0.325 e. The maximum Gasteiger partial charge on any atom is 0.288 e. The Balaban J connectivity index is 2.03. The molecule has 0 spiro atoms. The van der Waals surface area contributed by atoms with E-state index < -0.39 is 10.7 Å². The van der Waals surface area contributed by atoms with E-state index in [1.165, 1.54) is 30.3 Å². The minimum absolute atomic E-state index is 0.00826. The van der Waals surface area contributed by atoms with Gasteiger partial charge in [-0.15, -0.1) is 0 Å². The minimum Gasteiger partial charge on any atom is -0.325 e. The van der Waals surface area contributed by atoms with E-state index in [1.54, 1.807) is 18.2 Å². The first-order valence-electron chi connectivity index (χ1n) is 6.52. The summed E-state index contributed by atoms with van der Waals surface area (Å²) >= 11 is 0.355. The van der Waals surface area contributed by atoms with Crippen LogP contribution >= 0.6 is 11.8 Å². The van der Waals surface area contributed by atoms with Crippen molar-refractivity contribution in [1.29, 1.82) is 0 Å². The van der Waals surface area contributed by atoms with Crippen LogP contribution in [0.5, 0.6) is 0 Å². The number of para-hydroxylation sites is 1. The normalized spacial score (nSPS) is 10.6. The molecule has 8 heteroatoms. The second-order valence-corrected chi connectivity index (χ2v) is 5.56. The van der Waals surface area contributed by atoms with Crippen LogP contribution in [0.4, 0.5) is 20.2 Å². The third kappa shape index (κ3) is 5.03.